The highest BCUT2D eigenvalue weighted by Crippen LogP contribution is 2.22. The van der Waals surface area contributed by atoms with Crippen LogP contribution in [-0.2, 0) is 4.74 Å². The number of likely N-dealkylation sites (N-methyl/N-ethyl adjacent to an activating group) is 1. The van der Waals surface area contributed by atoms with Crippen LogP contribution in [0.4, 0.5) is 11.6 Å². The molecule has 2 aromatic heterocycles. The summed E-state index contributed by atoms with van der Waals surface area (Å²) in [5, 5.41) is 3.35. The molecule has 0 aliphatic carbocycles. The van der Waals surface area contributed by atoms with Crippen molar-refractivity contribution in [2.75, 3.05) is 37.0 Å². The standard InChI is InChI=1S/C15H25N5O/c1-5-7-16-13-10-19-9-8-17-14(19)15(18-13)20(6-2)12(3)11-21-4/h8-10,12,16H,5-7,11H2,1-4H3. The Hall–Kier alpha value is -1.82. The summed E-state index contributed by atoms with van der Waals surface area (Å²) < 4.78 is 7.30. The lowest BCUT2D eigenvalue weighted by Gasteiger charge is -2.29. The minimum Gasteiger partial charge on any atom is -0.383 e. The number of rotatable bonds is 8. The quantitative estimate of drug-likeness (QED) is 0.809. The third-order valence-corrected chi connectivity index (χ3v) is 3.47. The summed E-state index contributed by atoms with van der Waals surface area (Å²) in [5.74, 6) is 1.77. The average Bonchev–Trinajstić information content (AvgIpc) is 2.94. The predicted octanol–water partition coefficient (Wildman–Crippen LogP) is 2.41. The van der Waals surface area contributed by atoms with Gasteiger partial charge in [0.25, 0.3) is 0 Å². The maximum absolute atomic E-state index is 5.28. The number of nitrogens with one attached hydrogen (secondary N) is 1. The van der Waals surface area contributed by atoms with Crippen molar-refractivity contribution in [3.05, 3.63) is 18.6 Å². The van der Waals surface area contributed by atoms with E-state index in [1.165, 1.54) is 0 Å². The lowest BCUT2D eigenvalue weighted by Crippen LogP contribution is -2.37. The Morgan fingerprint density at radius 3 is 2.90 bits per heavy atom. The van der Waals surface area contributed by atoms with Crippen molar-refractivity contribution in [1.29, 1.82) is 0 Å². The first-order valence-corrected chi connectivity index (χ1v) is 7.54. The number of aromatic nitrogens is 3. The number of hydrogen-bond acceptors (Lipinski definition) is 5. The normalized spacial score (nSPS) is 12.6. The van der Waals surface area contributed by atoms with Gasteiger partial charge in [0.15, 0.2) is 11.5 Å². The first-order valence-electron chi connectivity index (χ1n) is 7.54. The van der Waals surface area contributed by atoms with Crippen LogP contribution in [0.25, 0.3) is 5.65 Å². The number of imidazole rings is 1. The predicted molar refractivity (Wildman–Crippen MR) is 86.1 cm³/mol. The molecule has 0 saturated carbocycles. The van der Waals surface area contributed by atoms with E-state index in [1.807, 2.05) is 16.8 Å². The van der Waals surface area contributed by atoms with Crippen molar-refractivity contribution in [2.24, 2.45) is 0 Å². The second kappa shape index (κ2) is 7.26. The molecule has 0 bridgehead atoms. The fourth-order valence-corrected chi connectivity index (χ4v) is 2.45. The third-order valence-electron chi connectivity index (χ3n) is 3.47. The Labute approximate surface area is 126 Å². The van der Waals surface area contributed by atoms with Crippen molar-refractivity contribution >= 4 is 17.3 Å². The highest BCUT2D eigenvalue weighted by molar-refractivity contribution is 5.67. The molecular weight excluding hydrogens is 266 g/mol. The van der Waals surface area contributed by atoms with E-state index in [0.717, 1.165) is 36.8 Å². The molecular formula is C15H25N5O. The van der Waals surface area contributed by atoms with Gasteiger partial charge in [0.1, 0.15) is 5.82 Å². The monoisotopic (exact) mass is 291 g/mol. The molecule has 1 unspecified atom stereocenters. The van der Waals surface area contributed by atoms with Crippen molar-refractivity contribution in [3.8, 4) is 0 Å². The zero-order valence-electron chi connectivity index (χ0n) is 13.3. The van der Waals surface area contributed by atoms with E-state index in [9.17, 15) is 0 Å². The zero-order chi connectivity index (χ0) is 15.2. The topological polar surface area (TPSA) is 54.7 Å². The van der Waals surface area contributed by atoms with Gasteiger partial charge in [-0.1, -0.05) is 6.92 Å². The van der Waals surface area contributed by atoms with E-state index in [2.05, 4.69) is 36.0 Å². The summed E-state index contributed by atoms with van der Waals surface area (Å²) in [6, 6.07) is 0.245. The fraction of sp³-hybridized carbons (Fsp3) is 0.600. The van der Waals surface area contributed by atoms with E-state index >= 15 is 0 Å². The SMILES string of the molecule is CCCNc1cn2ccnc2c(N(CC)C(C)COC)n1. The number of hydrogen-bond donors (Lipinski definition) is 1. The van der Waals surface area contributed by atoms with Gasteiger partial charge in [-0.3, -0.25) is 0 Å². The molecule has 0 fully saturated rings. The van der Waals surface area contributed by atoms with Gasteiger partial charge in [-0.05, 0) is 20.3 Å². The highest BCUT2D eigenvalue weighted by Gasteiger charge is 2.19. The van der Waals surface area contributed by atoms with Gasteiger partial charge in [-0.25, -0.2) is 9.97 Å². The second-order valence-electron chi connectivity index (χ2n) is 5.13. The van der Waals surface area contributed by atoms with Gasteiger partial charge in [0.2, 0.25) is 0 Å². The summed E-state index contributed by atoms with van der Waals surface area (Å²) >= 11 is 0. The first kappa shape index (κ1) is 15.6. The van der Waals surface area contributed by atoms with Crippen LogP contribution in [0.15, 0.2) is 18.6 Å². The van der Waals surface area contributed by atoms with Crippen LogP contribution in [0, 0.1) is 0 Å². The van der Waals surface area contributed by atoms with Crippen LogP contribution in [0.3, 0.4) is 0 Å². The number of anilines is 2. The molecule has 0 amide bonds. The van der Waals surface area contributed by atoms with Crippen LogP contribution >= 0.6 is 0 Å². The number of nitrogens with zero attached hydrogens (tertiary/aromatic N) is 4. The third kappa shape index (κ3) is 3.44. The minimum absolute atomic E-state index is 0.245. The molecule has 0 radical (unpaired) electrons. The number of fused-ring (bicyclic) bond motifs is 1. The smallest absolute Gasteiger partial charge is 0.180 e. The summed E-state index contributed by atoms with van der Waals surface area (Å²) in [6.07, 6.45) is 6.80. The van der Waals surface area contributed by atoms with Crippen LogP contribution in [0.2, 0.25) is 0 Å². The molecule has 2 aromatic rings. The minimum atomic E-state index is 0.245. The summed E-state index contributed by atoms with van der Waals surface area (Å²) in [7, 11) is 1.72. The lowest BCUT2D eigenvalue weighted by molar-refractivity contribution is 0.182. The number of methoxy groups -OCH3 is 1. The Balaban J connectivity index is 2.41. The highest BCUT2D eigenvalue weighted by atomic mass is 16.5. The van der Waals surface area contributed by atoms with Gasteiger partial charge in [-0.2, -0.15) is 0 Å². The molecule has 2 heterocycles. The maximum Gasteiger partial charge on any atom is 0.180 e. The molecule has 0 aliphatic heterocycles. The summed E-state index contributed by atoms with van der Waals surface area (Å²) in [4.78, 5) is 11.4. The molecule has 0 spiro atoms. The number of ether oxygens (including phenoxy) is 1. The summed E-state index contributed by atoms with van der Waals surface area (Å²) in [5.41, 5.74) is 0.877. The Bertz CT molecular complexity index is 568. The largest absolute Gasteiger partial charge is 0.383 e. The van der Waals surface area contributed by atoms with Crippen molar-refractivity contribution in [1.82, 2.24) is 14.4 Å². The Morgan fingerprint density at radius 2 is 2.24 bits per heavy atom. The molecule has 116 valence electrons. The lowest BCUT2D eigenvalue weighted by atomic mass is 10.3. The summed E-state index contributed by atoms with van der Waals surface area (Å²) in [6.45, 7) is 8.83. The molecule has 1 N–H and O–H groups in total. The van der Waals surface area contributed by atoms with Crippen LogP contribution < -0.4 is 10.2 Å². The van der Waals surface area contributed by atoms with Crippen molar-refractivity contribution in [3.63, 3.8) is 0 Å². The first-order chi connectivity index (χ1) is 10.2. The maximum atomic E-state index is 5.28. The van der Waals surface area contributed by atoms with E-state index in [-0.39, 0.29) is 6.04 Å². The van der Waals surface area contributed by atoms with E-state index in [0.29, 0.717) is 6.61 Å². The average molecular weight is 291 g/mol. The molecule has 2 rings (SSSR count). The molecule has 0 aromatic carbocycles. The molecule has 0 saturated heterocycles. The molecule has 1 atom stereocenters. The molecule has 21 heavy (non-hydrogen) atoms. The Morgan fingerprint density at radius 1 is 1.43 bits per heavy atom. The zero-order valence-corrected chi connectivity index (χ0v) is 13.3. The van der Waals surface area contributed by atoms with Crippen LogP contribution in [0.1, 0.15) is 27.2 Å². The van der Waals surface area contributed by atoms with Gasteiger partial charge < -0.3 is 19.4 Å². The van der Waals surface area contributed by atoms with Crippen LogP contribution in [0.5, 0.6) is 0 Å². The fourth-order valence-electron chi connectivity index (χ4n) is 2.45. The van der Waals surface area contributed by atoms with E-state index in [1.54, 1.807) is 13.3 Å². The second-order valence-corrected chi connectivity index (χ2v) is 5.13. The van der Waals surface area contributed by atoms with E-state index < -0.39 is 0 Å². The van der Waals surface area contributed by atoms with Gasteiger partial charge in [-0.15, -0.1) is 0 Å². The molecule has 6 nitrogen and oxygen atoms in total. The Kier molecular flexibility index (Phi) is 5.38. The van der Waals surface area contributed by atoms with Gasteiger partial charge in [0, 0.05) is 32.6 Å². The molecule has 6 heteroatoms. The molecule has 0 aliphatic rings. The van der Waals surface area contributed by atoms with Crippen LogP contribution in [-0.4, -0.2) is 47.2 Å². The van der Waals surface area contributed by atoms with Gasteiger partial charge >= 0.3 is 0 Å². The van der Waals surface area contributed by atoms with Gasteiger partial charge in [0.05, 0.1) is 18.8 Å². The van der Waals surface area contributed by atoms with E-state index in [4.69, 9.17) is 9.72 Å². The van der Waals surface area contributed by atoms with Crippen molar-refractivity contribution in [2.45, 2.75) is 33.2 Å². The van der Waals surface area contributed by atoms with Crippen molar-refractivity contribution < 1.29 is 4.74 Å².